The number of hydrogen-bond donors (Lipinski definition) is 3. The highest BCUT2D eigenvalue weighted by atomic mass is 32.1. The molecule has 24 heavy (non-hydrogen) atoms. The number of nitrogens with two attached hydrogens (primary N) is 1. The van der Waals surface area contributed by atoms with Gasteiger partial charge in [0, 0.05) is 22.7 Å². The number of nitrogens with one attached hydrogen (secondary N) is 1. The second-order valence-corrected chi connectivity index (χ2v) is 6.83. The highest BCUT2D eigenvalue weighted by Crippen LogP contribution is 2.33. The van der Waals surface area contributed by atoms with E-state index in [0.29, 0.717) is 5.69 Å². The Balaban J connectivity index is 2.04. The molecule has 0 unspecified atom stereocenters. The highest BCUT2D eigenvalue weighted by Gasteiger charge is 2.33. The lowest BCUT2D eigenvalue weighted by Gasteiger charge is -2.18. The summed E-state index contributed by atoms with van der Waals surface area (Å²) in [7, 11) is 0. The Morgan fingerprint density at radius 2 is 2.00 bits per heavy atom. The average molecular weight is 375 g/mol. The number of carbonyl (C=O) groups excluding carboxylic acids is 1. The minimum atomic E-state index is -4.45. The molecule has 3 N–H and O–H groups in total. The van der Waals surface area contributed by atoms with Crippen molar-refractivity contribution in [3.63, 3.8) is 0 Å². The van der Waals surface area contributed by atoms with Crippen LogP contribution in [0.4, 0.5) is 24.0 Å². The normalized spacial score (nSPS) is 14.2. The van der Waals surface area contributed by atoms with Crippen molar-refractivity contribution in [3.8, 4) is 0 Å². The molecule has 0 spiro atoms. The van der Waals surface area contributed by atoms with Crippen molar-refractivity contribution in [3.05, 3.63) is 40.9 Å². The smallest absolute Gasteiger partial charge is 0.370 e. The first-order chi connectivity index (χ1) is 11.2. The molecule has 0 bridgehead atoms. The number of halogens is 3. The molecule has 0 aliphatic carbocycles. The Morgan fingerprint density at radius 3 is 2.50 bits per heavy atom. The van der Waals surface area contributed by atoms with E-state index in [9.17, 15) is 18.0 Å². The van der Waals surface area contributed by atoms with E-state index in [1.807, 2.05) is 19.1 Å². The van der Waals surface area contributed by atoms with E-state index in [1.54, 1.807) is 12.1 Å². The van der Waals surface area contributed by atoms with Crippen LogP contribution in [0.25, 0.3) is 0 Å². The van der Waals surface area contributed by atoms with E-state index in [1.165, 1.54) is 0 Å². The molecule has 0 aliphatic rings. The summed E-state index contributed by atoms with van der Waals surface area (Å²) in [5, 5.41) is 3.78. The van der Waals surface area contributed by atoms with Gasteiger partial charge in [-0.15, -0.1) is 11.3 Å². The van der Waals surface area contributed by atoms with Gasteiger partial charge in [0.05, 0.1) is 0 Å². The monoisotopic (exact) mass is 375 g/mol. The maximum atomic E-state index is 12.5. The molecule has 1 aromatic heterocycles. The predicted octanol–water partition coefficient (Wildman–Crippen LogP) is 4.18. The van der Waals surface area contributed by atoms with E-state index < -0.39 is 17.8 Å². The third kappa shape index (κ3) is 4.88. The van der Waals surface area contributed by atoms with Crippen molar-refractivity contribution in [2.45, 2.75) is 30.7 Å². The number of benzene rings is 1. The summed E-state index contributed by atoms with van der Waals surface area (Å²) in [6, 6.07) is 7.14. The van der Waals surface area contributed by atoms with Crippen molar-refractivity contribution >= 4 is 40.7 Å². The van der Waals surface area contributed by atoms with E-state index in [-0.39, 0.29) is 22.7 Å². The number of amides is 1. The summed E-state index contributed by atoms with van der Waals surface area (Å²) in [6.45, 7) is 1.93. The van der Waals surface area contributed by atoms with Gasteiger partial charge in [0.25, 0.3) is 0 Å². The molecule has 1 aromatic carbocycles. The number of nitrogens with zero attached hydrogens (tertiary/aromatic N) is 1. The number of primary amides is 1. The molecule has 2 rings (SSSR count). The number of rotatable bonds is 6. The molecule has 2 atom stereocenters. The molecular weight excluding hydrogens is 359 g/mol. The van der Waals surface area contributed by atoms with Crippen LogP contribution in [0.15, 0.2) is 29.6 Å². The fraction of sp³-hybridized carbons (Fsp3) is 0.333. The first kappa shape index (κ1) is 18.6. The topological polar surface area (TPSA) is 68.0 Å². The molecular formula is C15H16F3N3OS2. The summed E-state index contributed by atoms with van der Waals surface area (Å²) in [5.74, 6) is -0.407. The molecule has 0 saturated carbocycles. The number of thiol groups is 1. The van der Waals surface area contributed by atoms with Crippen molar-refractivity contribution in [2.75, 3.05) is 5.32 Å². The minimum absolute atomic E-state index is 0.00609. The van der Waals surface area contributed by atoms with Crippen LogP contribution in [-0.4, -0.2) is 16.1 Å². The van der Waals surface area contributed by atoms with Gasteiger partial charge in [-0.05, 0) is 23.6 Å². The Labute approximate surface area is 146 Å². The van der Waals surface area contributed by atoms with Gasteiger partial charge in [-0.25, -0.2) is 4.98 Å². The van der Waals surface area contributed by atoms with Crippen LogP contribution >= 0.6 is 24.0 Å². The summed E-state index contributed by atoms with van der Waals surface area (Å²) in [5.41, 5.74) is 5.84. The van der Waals surface area contributed by atoms with Gasteiger partial charge in [0.15, 0.2) is 10.8 Å². The van der Waals surface area contributed by atoms with Gasteiger partial charge in [-0.3, -0.25) is 4.79 Å². The molecule has 1 heterocycles. The maximum absolute atomic E-state index is 12.5. The van der Waals surface area contributed by atoms with Crippen molar-refractivity contribution in [1.29, 1.82) is 0 Å². The second-order valence-electron chi connectivity index (χ2n) is 5.31. The molecule has 0 radical (unpaired) electrons. The van der Waals surface area contributed by atoms with Crippen molar-refractivity contribution in [1.82, 2.24) is 4.98 Å². The lowest BCUT2D eigenvalue weighted by Crippen LogP contribution is -2.20. The van der Waals surface area contributed by atoms with Gasteiger partial charge in [0.1, 0.15) is 0 Å². The van der Waals surface area contributed by atoms with Gasteiger partial charge in [-0.1, -0.05) is 19.1 Å². The third-order valence-electron chi connectivity index (χ3n) is 3.47. The first-order valence-electron chi connectivity index (χ1n) is 7.03. The van der Waals surface area contributed by atoms with E-state index in [0.717, 1.165) is 22.3 Å². The Bertz CT molecular complexity index is 701. The molecule has 9 heteroatoms. The van der Waals surface area contributed by atoms with Crippen molar-refractivity contribution in [2.24, 2.45) is 5.73 Å². The standard InChI is InChI=1S/C15H16F3N3OS2/c1-8(11(23)6-13(19)22)9-2-4-10(5-3-9)20-14-21-12(7-24-14)15(16,17)18/h2-5,7-8,11,23H,6H2,1H3,(H2,19,22)(H,20,21)/t8-,11-/m1/s1. The summed E-state index contributed by atoms with van der Waals surface area (Å²) >= 11 is 5.27. The van der Waals surface area contributed by atoms with Gasteiger partial charge < -0.3 is 11.1 Å². The van der Waals surface area contributed by atoms with Crippen LogP contribution in [0, 0.1) is 0 Å². The Kier molecular flexibility index (Phi) is 5.76. The largest absolute Gasteiger partial charge is 0.434 e. The fourth-order valence-electron chi connectivity index (χ4n) is 2.06. The maximum Gasteiger partial charge on any atom is 0.434 e. The van der Waals surface area contributed by atoms with Crippen LogP contribution in [0.5, 0.6) is 0 Å². The fourth-order valence-corrected chi connectivity index (χ4v) is 3.15. The van der Waals surface area contributed by atoms with Crippen LogP contribution in [0.1, 0.15) is 30.5 Å². The zero-order valence-electron chi connectivity index (χ0n) is 12.7. The van der Waals surface area contributed by atoms with E-state index in [2.05, 4.69) is 22.9 Å². The number of aromatic nitrogens is 1. The zero-order chi connectivity index (χ0) is 17.9. The third-order valence-corrected chi connectivity index (χ3v) is 4.86. The number of alkyl halides is 3. The van der Waals surface area contributed by atoms with Crippen LogP contribution < -0.4 is 11.1 Å². The number of hydrogen-bond acceptors (Lipinski definition) is 5. The molecule has 130 valence electrons. The minimum Gasteiger partial charge on any atom is -0.370 e. The van der Waals surface area contributed by atoms with E-state index >= 15 is 0 Å². The lowest BCUT2D eigenvalue weighted by atomic mass is 9.95. The second kappa shape index (κ2) is 7.43. The molecule has 4 nitrogen and oxygen atoms in total. The lowest BCUT2D eigenvalue weighted by molar-refractivity contribution is -0.140. The zero-order valence-corrected chi connectivity index (χ0v) is 14.4. The van der Waals surface area contributed by atoms with Crippen LogP contribution in [0.3, 0.4) is 0 Å². The van der Waals surface area contributed by atoms with E-state index in [4.69, 9.17) is 5.73 Å². The summed E-state index contributed by atoms with van der Waals surface area (Å²) in [4.78, 5) is 14.5. The number of thiazole rings is 1. The van der Waals surface area contributed by atoms with Crippen LogP contribution in [-0.2, 0) is 11.0 Å². The summed E-state index contributed by atoms with van der Waals surface area (Å²) in [6.07, 6.45) is -4.28. The quantitative estimate of drug-likeness (QED) is 0.664. The van der Waals surface area contributed by atoms with Crippen LogP contribution in [0.2, 0.25) is 0 Å². The van der Waals surface area contributed by atoms with Crippen molar-refractivity contribution < 1.29 is 18.0 Å². The Hall–Kier alpha value is -1.74. The highest BCUT2D eigenvalue weighted by molar-refractivity contribution is 7.81. The Morgan fingerprint density at radius 1 is 1.38 bits per heavy atom. The molecule has 0 fully saturated rings. The SMILES string of the molecule is C[C@H](c1ccc(Nc2nc(C(F)(F)F)cs2)cc1)[C@H](S)CC(N)=O. The van der Waals surface area contributed by atoms with Gasteiger partial charge >= 0.3 is 6.18 Å². The average Bonchev–Trinajstić information content (AvgIpc) is 2.95. The predicted molar refractivity (Wildman–Crippen MR) is 91.8 cm³/mol. The molecule has 2 aromatic rings. The molecule has 1 amide bonds. The number of anilines is 2. The van der Waals surface area contributed by atoms with Gasteiger partial charge in [-0.2, -0.15) is 25.8 Å². The summed E-state index contributed by atoms with van der Waals surface area (Å²) < 4.78 is 37.6. The molecule has 0 saturated heterocycles. The first-order valence-corrected chi connectivity index (χ1v) is 8.42. The molecule has 0 aliphatic heterocycles. The van der Waals surface area contributed by atoms with Gasteiger partial charge in [0.2, 0.25) is 5.91 Å². The number of carbonyl (C=O) groups is 1.